The molecule has 2 amide bonds. The van der Waals surface area contributed by atoms with Gasteiger partial charge in [-0.15, -0.1) is 0 Å². The summed E-state index contributed by atoms with van der Waals surface area (Å²) in [4.78, 5) is 22.9. The van der Waals surface area contributed by atoms with Crippen LogP contribution in [-0.2, 0) is 13.3 Å². The van der Waals surface area contributed by atoms with Crippen molar-refractivity contribution in [3.63, 3.8) is 0 Å². The Bertz CT molecular complexity index is 451. The molecule has 1 aromatic carbocycles. The number of benzene rings is 1. The van der Waals surface area contributed by atoms with Crippen LogP contribution in [0.2, 0.25) is 0 Å². The van der Waals surface area contributed by atoms with E-state index in [1.54, 1.807) is 44.2 Å². The second-order valence-corrected chi connectivity index (χ2v) is 8.30. The number of rotatable bonds is 5. The molecule has 98 valence electrons. The van der Waals surface area contributed by atoms with E-state index in [9.17, 15) is 13.3 Å². The van der Waals surface area contributed by atoms with Gasteiger partial charge in [0.15, 0.2) is 0 Å². The predicted octanol–water partition coefficient (Wildman–Crippen LogP) is 0.315. The van der Waals surface area contributed by atoms with E-state index in [4.69, 9.17) is 0 Å². The van der Waals surface area contributed by atoms with Gasteiger partial charge in [0.05, 0.1) is 0 Å². The summed E-state index contributed by atoms with van der Waals surface area (Å²) in [6, 6.07) is 8.52. The molecule has 0 unspecified atom stereocenters. The molecule has 0 radical (unpaired) electrons. The van der Waals surface area contributed by atoms with Crippen LogP contribution in [0.5, 0.6) is 0 Å². The summed E-state index contributed by atoms with van der Waals surface area (Å²) >= 11 is -4.13. The van der Waals surface area contributed by atoms with Crippen molar-refractivity contribution in [2.45, 2.75) is 26.7 Å². The standard InChI is InChI=1S/C12H17AsN2O3/c1-3-11(16)14-13(18,15-12(17)4-2)10-8-6-5-7-9-10/h5-9H,3-4H2,1-2H3,(H2,14,15,16,17,18). The molecule has 0 spiro atoms. The first kappa shape index (κ1) is 14.6. The van der Waals surface area contributed by atoms with E-state index in [0.29, 0.717) is 4.35 Å². The Morgan fingerprint density at radius 1 is 1.00 bits per heavy atom. The Hall–Kier alpha value is -1.48. The first-order chi connectivity index (χ1) is 8.51. The van der Waals surface area contributed by atoms with Crippen LogP contribution in [0.3, 0.4) is 0 Å². The summed E-state index contributed by atoms with van der Waals surface area (Å²) < 4.78 is 18.2. The van der Waals surface area contributed by atoms with Crippen molar-refractivity contribution < 1.29 is 13.3 Å². The summed E-state index contributed by atoms with van der Waals surface area (Å²) in [6.45, 7) is 3.34. The zero-order valence-electron chi connectivity index (χ0n) is 10.5. The molecule has 0 fully saturated rings. The Morgan fingerprint density at radius 2 is 1.44 bits per heavy atom. The minimum absolute atomic E-state index is 0.222. The Morgan fingerprint density at radius 3 is 1.83 bits per heavy atom. The third kappa shape index (κ3) is 3.77. The van der Waals surface area contributed by atoms with Crippen molar-refractivity contribution >= 4 is 30.1 Å². The van der Waals surface area contributed by atoms with Crippen LogP contribution in [-0.4, -0.2) is 25.8 Å². The van der Waals surface area contributed by atoms with Gasteiger partial charge in [0.25, 0.3) is 0 Å². The van der Waals surface area contributed by atoms with Gasteiger partial charge in [0.2, 0.25) is 0 Å². The fourth-order valence-electron chi connectivity index (χ4n) is 1.30. The van der Waals surface area contributed by atoms with Gasteiger partial charge in [-0.05, 0) is 0 Å². The summed E-state index contributed by atoms with van der Waals surface area (Å²) in [5, 5.41) is 0. The fourth-order valence-corrected chi connectivity index (χ4v) is 5.34. The third-order valence-corrected chi connectivity index (χ3v) is 6.85. The number of carbonyl (C=O) groups excluding carboxylic acids is 2. The predicted molar refractivity (Wildman–Crippen MR) is 69.4 cm³/mol. The van der Waals surface area contributed by atoms with E-state index in [-0.39, 0.29) is 24.7 Å². The van der Waals surface area contributed by atoms with Crippen molar-refractivity contribution in [1.82, 2.24) is 8.47 Å². The molecule has 0 aliphatic carbocycles. The van der Waals surface area contributed by atoms with E-state index in [2.05, 4.69) is 8.47 Å². The number of carbonyl (C=O) groups is 2. The van der Waals surface area contributed by atoms with E-state index in [0.717, 1.165) is 0 Å². The van der Waals surface area contributed by atoms with Crippen LogP contribution in [0.15, 0.2) is 30.3 Å². The van der Waals surface area contributed by atoms with Gasteiger partial charge in [0, 0.05) is 0 Å². The summed E-state index contributed by atoms with van der Waals surface area (Å²) in [5.74, 6) is -0.671. The van der Waals surface area contributed by atoms with Gasteiger partial charge in [-0.25, -0.2) is 0 Å². The molecule has 0 bridgehead atoms. The number of nitrogens with one attached hydrogen (secondary N) is 2. The van der Waals surface area contributed by atoms with E-state index < -0.39 is 13.9 Å². The fraction of sp³-hybridized carbons (Fsp3) is 0.333. The SMILES string of the molecule is CCC(=O)N[As](=O)(NC(=O)CC)c1ccccc1. The molecular formula is C12H17AsN2O3. The Kier molecular flexibility index (Phi) is 5.22. The molecule has 0 saturated carbocycles. The van der Waals surface area contributed by atoms with Gasteiger partial charge in [-0.3, -0.25) is 0 Å². The van der Waals surface area contributed by atoms with E-state index in [1.807, 2.05) is 0 Å². The third-order valence-electron chi connectivity index (χ3n) is 2.33. The molecule has 0 aromatic heterocycles. The monoisotopic (exact) mass is 312 g/mol. The molecule has 1 aromatic rings. The van der Waals surface area contributed by atoms with Crippen LogP contribution in [0.25, 0.3) is 0 Å². The topological polar surface area (TPSA) is 75.3 Å². The molecule has 6 heteroatoms. The van der Waals surface area contributed by atoms with E-state index in [1.165, 1.54) is 0 Å². The van der Waals surface area contributed by atoms with Crippen LogP contribution >= 0.6 is 0 Å². The minimum atomic E-state index is -4.13. The zero-order valence-corrected chi connectivity index (χ0v) is 12.3. The van der Waals surface area contributed by atoms with Crippen LogP contribution in [0.4, 0.5) is 0 Å². The molecule has 0 heterocycles. The second kappa shape index (κ2) is 6.45. The average Bonchev–Trinajstić information content (AvgIpc) is 2.39. The van der Waals surface area contributed by atoms with Crippen LogP contribution < -0.4 is 12.8 Å². The first-order valence-corrected chi connectivity index (χ1v) is 9.37. The normalized spacial score (nSPS) is 10.8. The molecule has 0 aliphatic rings. The summed E-state index contributed by atoms with van der Waals surface area (Å²) in [7, 11) is 0. The number of hydrogen-bond acceptors (Lipinski definition) is 3. The maximum atomic E-state index is 12.8. The molecule has 0 aliphatic heterocycles. The molecule has 0 saturated heterocycles. The number of hydrogen-bond donors (Lipinski definition) is 2. The molecular weight excluding hydrogens is 295 g/mol. The van der Waals surface area contributed by atoms with Crippen molar-refractivity contribution in [2.75, 3.05) is 0 Å². The number of amides is 2. The quantitative estimate of drug-likeness (QED) is 0.769. The maximum absolute atomic E-state index is 12.8. The zero-order chi connectivity index (χ0) is 13.6. The van der Waals surface area contributed by atoms with Gasteiger partial charge in [-0.2, -0.15) is 0 Å². The summed E-state index contributed by atoms with van der Waals surface area (Å²) in [5.41, 5.74) is 0. The van der Waals surface area contributed by atoms with Crippen LogP contribution in [0.1, 0.15) is 26.7 Å². The molecule has 18 heavy (non-hydrogen) atoms. The molecule has 0 atom stereocenters. The van der Waals surface area contributed by atoms with Gasteiger partial charge >= 0.3 is 109 Å². The Balaban J connectivity index is 3.05. The van der Waals surface area contributed by atoms with E-state index >= 15 is 0 Å². The van der Waals surface area contributed by atoms with Crippen molar-refractivity contribution in [2.24, 2.45) is 0 Å². The first-order valence-electron chi connectivity index (χ1n) is 5.79. The van der Waals surface area contributed by atoms with Crippen LogP contribution in [0, 0.1) is 0 Å². The van der Waals surface area contributed by atoms with Crippen molar-refractivity contribution in [3.8, 4) is 0 Å². The van der Waals surface area contributed by atoms with Crippen molar-refractivity contribution in [1.29, 1.82) is 0 Å². The van der Waals surface area contributed by atoms with Gasteiger partial charge in [0.1, 0.15) is 0 Å². The molecule has 1 rings (SSSR count). The summed E-state index contributed by atoms with van der Waals surface area (Å²) in [6.07, 6.45) is 0.445. The Labute approximate surface area is 109 Å². The van der Waals surface area contributed by atoms with Gasteiger partial charge in [-0.1, -0.05) is 0 Å². The van der Waals surface area contributed by atoms with Crippen molar-refractivity contribution in [3.05, 3.63) is 30.3 Å². The molecule has 2 N–H and O–H groups in total. The van der Waals surface area contributed by atoms with Gasteiger partial charge < -0.3 is 0 Å². The molecule has 5 nitrogen and oxygen atoms in total. The second-order valence-electron chi connectivity index (χ2n) is 3.72. The average molecular weight is 312 g/mol.